The maximum atomic E-state index is 12.7. The second kappa shape index (κ2) is 10.6. The van der Waals surface area contributed by atoms with E-state index in [-0.39, 0.29) is 17.9 Å². The fraction of sp³-hybridized carbons (Fsp3) is 0.417. The normalized spacial score (nSPS) is 20.2. The zero-order valence-electron chi connectivity index (χ0n) is 17.6. The Morgan fingerprint density at radius 3 is 2.57 bits per heavy atom. The van der Waals surface area contributed by atoms with Crippen molar-refractivity contribution in [3.05, 3.63) is 60.2 Å². The van der Waals surface area contributed by atoms with E-state index in [1.165, 1.54) is 0 Å². The van der Waals surface area contributed by atoms with Gasteiger partial charge in [-0.1, -0.05) is 44.2 Å². The van der Waals surface area contributed by atoms with Crippen LogP contribution in [0.2, 0.25) is 0 Å². The Balaban J connectivity index is 1.65. The third-order valence-corrected chi connectivity index (χ3v) is 5.87. The van der Waals surface area contributed by atoms with Crippen molar-refractivity contribution in [2.45, 2.75) is 45.4 Å². The van der Waals surface area contributed by atoms with Gasteiger partial charge in [0.25, 0.3) is 0 Å². The fourth-order valence-electron chi connectivity index (χ4n) is 4.20. The van der Waals surface area contributed by atoms with Crippen molar-refractivity contribution in [1.29, 1.82) is 0 Å². The molecule has 0 radical (unpaired) electrons. The number of amides is 1. The van der Waals surface area contributed by atoms with Crippen LogP contribution in [0.25, 0.3) is 0 Å². The highest BCUT2D eigenvalue weighted by molar-refractivity contribution is 7.78. The highest BCUT2D eigenvalue weighted by Gasteiger charge is 2.35. The SMILES string of the molecule is CCC(=O)N(c1ccccc1)[C@H]1CCN([C@@H](O)Cc2ccc(N=C=S)cc2)C[C@@H]1C. The molecule has 5 nitrogen and oxygen atoms in total. The number of para-hydroxylation sites is 1. The summed E-state index contributed by atoms with van der Waals surface area (Å²) in [6.07, 6.45) is 1.31. The lowest BCUT2D eigenvalue weighted by Gasteiger charge is -2.44. The van der Waals surface area contributed by atoms with Crippen LogP contribution in [0.15, 0.2) is 59.6 Å². The summed E-state index contributed by atoms with van der Waals surface area (Å²) in [6, 6.07) is 17.7. The Kier molecular flexibility index (Phi) is 7.88. The Morgan fingerprint density at radius 2 is 1.97 bits per heavy atom. The maximum absolute atomic E-state index is 12.7. The lowest BCUT2D eigenvalue weighted by molar-refractivity contribution is -0.119. The van der Waals surface area contributed by atoms with Crippen molar-refractivity contribution in [3.8, 4) is 0 Å². The molecule has 0 aliphatic carbocycles. The number of anilines is 1. The minimum Gasteiger partial charge on any atom is -0.378 e. The molecule has 158 valence electrons. The van der Waals surface area contributed by atoms with Crippen LogP contribution in [-0.2, 0) is 11.2 Å². The van der Waals surface area contributed by atoms with Gasteiger partial charge in [-0.05, 0) is 54.4 Å². The summed E-state index contributed by atoms with van der Waals surface area (Å²) < 4.78 is 0. The summed E-state index contributed by atoms with van der Waals surface area (Å²) in [5.74, 6) is 0.398. The van der Waals surface area contributed by atoms with Gasteiger partial charge in [-0.3, -0.25) is 9.69 Å². The molecule has 2 aromatic rings. The molecule has 30 heavy (non-hydrogen) atoms. The third kappa shape index (κ3) is 5.41. The molecule has 3 atom stereocenters. The van der Waals surface area contributed by atoms with Crippen molar-refractivity contribution >= 4 is 34.7 Å². The van der Waals surface area contributed by atoms with Gasteiger partial charge in [-0.25, -0.2) is 0 Å². The summed E-state index contributed by atoms with van der Waals surface area (Å²) in [7, 11) is 0. The molecule has 1 amide bonds. The van der Waals surface area contributed by atoms with Crippen molar-refractivity contribution in [2.24, 2.45) is 10.9 Å². The van der Waals surface area contributed by atoms with Gasteiger partial charge in [0.05, 0.1) is 10.8 Å². The van der Waals surface area contributed by atoms with Gasteiger partial charge in [-0.2, -0.15) is 4.99 Å². The molecule has 2 aromatic carbocycles. The van der Waals surface area contributed by atoms with Gasteiger partial charge in [0, 0.05) is 37.7 Å². The average Bonchev–Trinajstić information content (AvgIpc) is 2.77. The van der Waals surface area contributed by atoms with E-state index in [1.807, 2.05) is 66.4 Å². The van der Waals surface area contributed by atoms with E-state index in [0.29, 0.717) is 12.8 Å². The molecular weight excluding hydrogens is 394 g/mol. The van der Waals surface area contributed by atoms with E-state index in [0.717, 1.165) is 36.4 Å². The molecule has 0 bridgehead atoms. The minimum atomic E-state index is -0.555. The van der Waals surface area contributed by atoms with Gasteiger partial charge in [0.15, 0.2) is 0 Å². The van der Waals surface area contributed by atoms with Crippen LogP contribution in [0.3, 0.4) is 0 Å². The highest BCUT2D eigenvalue weighted by atomic mass is 32.1. The smallest absolute Gasteiger partial charge is 0.226 e. The van der Waals surface area contributed by atoms with Crippen LogP contribution >= 0.6 is 12.2 Å². The number of hydrogen-bond donors (Lipinski definition) is 1. The summed E-state index contributed by atoms with van der Waals surface area (Å²) in [5.41, 5.74) is 2.77. The Morgan fingerprint density at radius 1 is 1.27 bits per heavy atom. The number of nitrogens with zero attached hydrogens (tertiary/aromatic N) is 3. The van der Waals surface area contributed by atoms with Gasteiger partial charge in [0.2, 0.25) is 5.91 Å². The third-order valence-electron chi connectivity index (χ3n) is 5.78. The number of isothiocyanates is 1. The first-order chi connectivity index (χ1) is 14.5. The predicted octanol–water partition coefficient (Wildman–Crippen LogP) is 4.44. The quantitative estimate of drug-likeness (QED) is 0.529. The Hall–Kier alpha value is -2.37. The molecule has 0 unspecified atom stereocenters. The van der Waals surface area contributed by atoms with E-state index < -0.39 is 6.23 Å². The van der Waals surface area contributed by atoms with Crippen LogP contribution in [0.5, 0.6) is 0 Å². The molecule has 0 saturated carbocycles. The molecule has 1 aliphatic rings. The molecule has 3 rings (SSSR count). The first kappa shape index (κ1) is 22.3. The van der Waals surface area contributed by atoms with E-state index in [2.05, 4.69) is 34.2 Å². The number of aliphatic hydroxyl groups excluding tert-OH is 1. The molecule has 1 N–H and O–H groups in total. The van der Waals surface area contributed by atoms with Crippen molar-refractivity contribution in [1.82, 2.24) is 4.90 Å². The predicted molar refractivity (Wildman–Crippen MR) is 124 cm³/mol. The number of thiocarbonyl (C=S) groups is 1. The van der Waals surface area contributed by atoms with Crippen LogP contribution in [0.1, 0.15) is 32.3 Å². The number of benzene rings is 2. The molecule has 1 heterocycles. The molecule has 0 spiro atoms. The van der Waals surface area contributed by atoms with Crippen molar-refractivity contribution in [2.75, 3.05) is 18.0 Å². The summed E-state index contributed by atoms with van der Waals surface area (Å²) in [5, 5.41) is 13.2. The number of aliphatic hydroxyl groups is 1. The number of aliphatic imine (C=N–C) groups is 1. The number of carbonyl (C=O) groups is 1. The summed E-state index contributed by atoms with van der Waals surface area (Å²) >= 11 is 4.63. The molecule has 1 fully saturated rings. The molecule has 0 aromatic heterocycles. The van der Waals surface area contributed by atoms with Gasteiger partial charge in [0.1, 0.15) is 6.23 Å². The second-order valence-corrected chi connectivity index (χ2v) is 8.02. The van der Waals surface area contributed by atoms with Crippen LogP contribution < -0.4 is 4.90 Å². The number of piperidine rings is 1. The van der Waals surface area contributed by atoms with Crippen LogP contribution in [0.4, 0.5) is 11.4 Å². The number of rotatable bonds is 7. The standard InChI is InChI=1S/C24H29N3O2S/c1-3-23(28)27(21-7-5-4-6-8-21)22-13-14-26(16-18(22)2)24(29)15-19-9-11-20(12-10-19)25-17-30/h4-12,18,22,24,29H,3,13-16H2,1-2H3/t18-,22-,24-/m0/s1. The minimum absolute atomic E-state index is 0.134. The topological polar surface area (TPSA) is 56.1 Å². The first-order valence-electron chi connectivity index (χ1n) is 10.5. The lowest BCUT2D eigenvalue weighted by Crippen LogP contribution is -2.54. The van der Waals surface area contributed by atoms with E-state index in [4.69, 9.17) is 0 Å². The van der Waals surface area contributed by atoms with Crippen molar-refractivity contribution < 1.29 is 9.90 Å². The Labute approximate surface area is 184 Å². The largest absolute Gasteiger partial charge is 0.378 e. The van der Waals surface area contributed by atoms with Crippen LogP contribution in [0, 0.1) is 5.92 Å². The molecule has 1 saturated heterocycles. The average molecular weight is 424 g/mol. The number of likely N-dealkylation sites (tertiary alicyclic amines) is 1. The zero-order valence-corrected chi connectivity index (χ0v) is 18.4. The summed E-state index contributed by atoms with van der Waals surface area (Å²) in [4.78, 5) is 20.8. The zero-order chi connectivity index (χ0) is 21.5. The monoisotopic (exact) mass is 423 g/mol. The van der Waals surface area contributed by atoms with Gasteiger partial charge < -0.3 is 10.0 Å². The summed E-state index contributed by atoms with van der Waals surface area (Å²) in [6.45, 7) is 5.58. The highest BCUT2D eigenvalue weighted by Crippen LogP contribution is 2.29. The van der Waals surface area contributed by atoms with Gasteiger partial charge >= 0.3 is 0 Å². The van der Waals surface area contributed by atoms with E-state index in [9.17, 15) is 9.90 Å². The first-order valence-corrected chi connectivity index (χ1v) is 10.9. The van der Waals surface area contributed by atoms with Crippen LogP contribution in [-0.4, -0.2) is 46.4 Å². The van der Waals surface area contributed by atoms with Gasteiger partial charge in [-0.15, -0.1) is 0 Å². The van der Waals surface area contributed by atoms with Crippen molar-refractivity contribution in [3.63, 3.8) is 0 Å². The fourth-order valence-corrected chi connectivity index (χ4v) is 4.30. The molecule has 6 heteroatoms. The van der Waals surface area contributed by atoms with E-state index in [1.54, 1.807) is 0 Å². The lowest BCUT2D eigenvalue weighted by atomic mass is 9.91. The second-order valence-electron chi connectivity index (χ2n) is 7.84. The maximum Gasteiger partial charge on any atom is 0.226 e. The Bertz CT molecular complexity index is 881. The molecular formula is C24H29N3O2S. The van der Waals surface area contributed by atoms with E-state index >= 15 is 0 Å². The molecule has 1 aliphatic heterocycles. The number of carbonyl (C=O) groups excluding carboxylic acids is 1. The number of hydrogen-bond acceptors (Lipinski definition) is 5.